The third-order valence-electron chi connectivity index (χ3n) is 4.57. The Morgan fingerprint density at radius 2 is 1.86 bits per heavy atom. The molecule has 3 rings (SSSR count). The lowest BCUT2D eigenvalue weighted by molar-refractivity contribution is -0.137. The van der Waals surface area contributed by atoms with E-state index in [2.05, 4.69) is 4.90 Å². The van der Waals surface area contributed by atoms with Crippen molar-refractivity contribution in [3.05, 3.63) is 35.4 Å². The maximum Gasteiger partial charge on any atom is 0.416 e. The second-order valence-electron chi connectivity index (χ2n) is 7.46. The minimum Gasteiger partial charge on any atom is -0.324 e. The molecular formula is C17H23F3N2. The molecule has 0 heterocycles. The van der Waals surface area contributed by atoms with E-state index in [-0.39, 0.29) is 11.1 Å². The molecular weight excluding hydrogens is 289 g/mol. The van der Waals surface area contributed by atoms with Crippen molar-refractivity contribution in [3.8, 4) is 0 Å². The number of halogens is 3. The van der Waals surface area contributed by atoms with E-state index in [4.69, 9.17) is 5.73 Å². The Morgan fingerprint density at radius 1 is 1.23 bits per heavy atom. The van der Waals surface area contributed by atoms with Crippen LogP contribution in [-0.4, -0.2) is 23.0 Å². The first-order valence-corrected chi connectivity index (χ1v) is 7.85. The summed E-state index contributed by atoms with van der Waals surface area (Å²) < 4.78 is 39.0. The van der Waals surface area contributed by atoms with Gasteiger partial charge in [-0.1, -0.05) is 12.1 Å². The Morgan fingerprint density at radius 3 is 2.32 bits per heavy atom. The second-order valence-corrected chi connectivity index (χ2v) is 7.46. The van der Waals surface area contributed by atoms with E-state index < -0.39 is 11.7 Å². The van der Waals surface area contributed by atoms with Gasteiger partial charge in [-0.25, -0.2) is 0 Å². The van der Waals surface area contributed by atoms with E-state index in [1.165, 1.54) is 12.1 Å². The maximum absolute atomic E-state index is 13.0. The third-order valence-corrected chi connectivity index (χ3v) is 4.57. The van der Waals surface area contributed by atoms with Crippen molar-refractivity contribution in [2.24, 2.45) is 5.73 Å². The van der Waals surface area contributed by atoms with Gasteiger partial charge in [0.25, 0.3) is 0 Å². The predicted octanol–water partition coefficient (Wildman–Crippen LogP) is 3.90. The van der Waals surface area contributed by atoms with E-state index in [1.54, 1.807) is 0 Å². The number of hydrogen-bond donors (Lipinski definition) is 1. The standard InChI is InChI=1S/C17H23F3N2/c1-15(2,21)11-22(14-6-7-14)16(8-9-16)12-4-3-5-13(10-12)17(18,19)20/h3-5,10,14H,6-9,11,21H2,1-2H3. The van der Waals surface area contributed by atoms with Crippen LogP contribution < -0.4 is 5.73 Å². The van der Waals surface area contributed by atoms with Crippen LogP contribution in [0.2, 0.25) is 0 Å². The normalized spacial score (nSPS) is 21.2. The molecule has 22 heavy (non-hydrogen) atoms. The van der Waals surface area contributed by atoms with Crippen LogP contribution in [0.15, 0.2) is 24.3 Å². The van der Waals surface area contributed by atoms with Crippen molar-refractivity contribution in [3.63, 3.8) is 0 Å². The second kappa shape index (κ2) is 4.96. The molecule has 0 aliphatic heterocycles. The summed E-state index contributed by atoms with van der Waals surface area (Å²) in [5.41, 5.74) is 5.83. The zero-order valence-corrected chi connectivity index (χ0v) is 13.1. The first kappa shape index (κ1) is 15.8. The summed E-state index contributed by atoms with van der Waals surface area (Å²) in [6.45, 7) is 4.67. The fraction of sp³-hybridized carbons (Fsp3) is 0.647. The number of benzene rings is 1. The minimum absolute atomic E-state index is 0.237. The molecule has 2 nitrogen and oxygen atoms in total. The van der Waals surface area contributed by atoms with Crippen molar-refractivity contribution in [1.29, 1.82) is 0 Å². The zero-order valence-electron chi connectivity index (χ0n) is 13.1. The van der Waals surface area contributed by atoms with Crippen LogP contribution in [-0.2, 0) is 11.7 Å². The molecule has 0 atom stereocenters. The number of nitrogens with two attached hydrogens (primary N) is 1. The molecule has 5 heteroatoms. The highest BCUT2D eigenvalue weighted by atomic mass is 19.4. The number of nitrogens with zero attached hydrogens (tertiary/aromatic N) is 1. The summed E-state index contributed by atoms with van der Waals surface area (Å²) in [5.74, 6) is 0. The van der Waals surface area contributed by atoms with Crippen LogP contribution in [0, 0.1) is 0 Å². The fourth-order valence-corrected chi connectivity index (χ4v) is 3.30. The lowest BCUT2D eigenvalue weighted by atomic mass is 9.97. The number of rotatable bonds is 5. The summed E-state index contributed by atoms with van der Waals surface area (Å²) in [6, 6.07) is 6.30. The van der Waals surface area contributed by atoms with Crippen LogP contribution >= 0.6 is 0 Å². The Labute approximate surface area is 129 Å². The van der Waals surface area contributed by atoms with Crippen LogP contribution in [0.25, 0.3) is 0 Å². The van der Waals surface area contributed by atoms with Gasteiger partial charge < -0.3 is 5.73 Å². The number of hydrogen-bond acceptors (Lipinski definition) is 2. The average Bonchev–Trinajstić information content (AvgIpc) is 3.27. The van der Waals surface area contributed by atoms with Crippen LogP contribution in [0.5, 0.6) is 0 Å². The summed E-state index contributed by atoms with van der Waals surface area (Å²) in [5, 5.41) is 0. The third kappa shape index (κ3) is 3.15. The zero-order chi connectivity index (χ0) is 16.2. The highest BCUT2D eigenvalue weighted by Gasteiger charge is 2.54. The topological polar surface area (TPSA) is 29.3 Å². The molecule has 1 aromatic rings. The molecule has 0 spiro atoms. The maximum atomic E-state index is 13.0. The Bertz CT molecular complexity index is 552. The molecule has 0 aromatic heterocycles. The highest BCUT2D eigenvalue weighted by molar-refractivity contribution is 5.36. The molecule has 0 amide bonds. The van der Waals surface area contributed by atoms with Gasteiger partial charge in [-0.05, 0) is 57.2 Å². The smallest absolute Gasteiger partial charge is 0.324 e. The molecule has 0 saturated heterocycles. The SMILES string of the molecule is CC(C)(N)CN(C1CC1)C1(c2cccc(C(F)(F)F)c2)CC1. The largest absolute Gasteiger partial charge is 0.416 e. The molecule has 1 aromatic carbocycles. The van der Waals surface area contributed by atoms with Crippen molar-refractivity contribution < 1.29 is 13.2 Å². The van der Waals surface area contributed by atoms with Gasteiger partial charge >= 0.3 is 6.18 Å². The van der Waals surface area contributed by atoms with Gasteiger partial charge in [0.15, 0.2) is 0 Å². The predicted molar refractivity (Wildman–Crippen MR) is 80.4 cm³/mol. The first-order chi connectivity index (χ1) is 10.1. The molecule has 122 valence electrons. The molecule has 0 radical (unpaired) electrons. The molecule has 0 unspecified atom stereocenters. The monoisotopic (exact) mass is 312 g/mol. The molecule has 2 N–H and O–H groups in total. The molecule has 2 aliphatic rings. The van der Waals surface area contributed by atoms with Gasteiger partial charge in [0.05, 0.1) is 5.56 Å². The van der Waals surface area contributed by atoms with Gasteiger partial charge in [0.2, 0.25) is 0 Å². The molecule has 2 fully saturated rings. The van der Waals surface area contributed by atoms with E-state index >= 15 is 0 Å². The van der Waals surface area contributed by atoms with Crippen LogP contribution in [0.1, 0.15) is 50.7 Å². The molecule has 2 aliphatic carbocycles. The Hall–Kier alpha value is -1.07. The Balaban J connectivity index is 1.92. The quantitative estimate of drug-likeness (QED) is 0.893. The number of alkyl halides is 3. The minimum atomic E-state index is -4.29. The van der Waals surface area contributed by atoms with Crippen molar-refractivity contribution in [2.75, 3.05) is 6.54 Å². The van der Waals surface area contributed by atoms with Crippen molar-refractivity contribution in [2.45, 2.75) is 62.8 Å². The van der Waals surface area contributed by atoms with E-state index in [9.17, 15) is 13.2 Å². The summed E-state index contributed by atoms with van der Waals surface area (Å²) in [7, 11) is 0. The fourth-order valence-electron chi connectivity index (χ4n) is 3.30. The highest BCUT2D eigenvalue weighted by Crippen LogP contribution is 2.55. The summed E-state index contributed by atoms with van der Waals surface area (Å²) in [6.07, 6.45) is -0.209. The van der Waals surface area contributed by atoms with Gasteiger partial charge in [-0.3, -0.25) is 4.90 Å². The van der Waals surface area contributed by atoms with Gasteiger partial charge in [-0.15, -0.1) is 0 Å². The lowest BCUT2D eigenvalue weighted by Gasteiger charge is -2.37. The Kier molecular flexibility index (Phi) is 3.57. The van der Waals surface area contributed by atoms with E-state index in [1.807, 2.05) is 19.9 Å². The summed E-state index contributed by atoms with van der Waals surface area (Å²) >= 11 is 0. The van der Waals surface area contributed by atoms with Crippen LogP contribution in [0.4, 0.5) is 13.2 Å². The molecule has 2 saturated carbocycles. The van der Waals surface area contributed by atoms with Crippen molar-refractivity contribution >= 4 is 0 Å². The van der Waals surface area contributed by atoms with E-state index in [0.29, 0.717) is 12.6 Å². The molecule has 0 bridgehead atoms. The average molecular weight is 312 g/mol. The van der Waals surface area contributed by atoms with E-state index in [0.717, 1.165) is 37.3 Å². The van der Waals surface area contributed by atoms with Gasteiger partial charge in [-0.2, -0.15) is 13.2 Å². The van der Waals surface area contributed by atoms with Gasteiger partial charge in [0.1, 0.15) is 0 Å². The van der Waals surface area contributed by atoms with Crippen LogP contribution in [0.3, 0.4) is 0 Å². The van der Waals surface area contributed by atoms with Crippen molar-refractivity contribution in [1.82, 2.24) is 4.90 Å². The summed E-state index contributed by atoms with van der Waals surface area (Å²) in [4.78, 5) is 2.36. The first-order valence-electron chi connectivity index (χ1n) is 7.85. The van der Waals surface area contributed by atoms with Gasteiger partial charge in [0, 0.05) is 23.7 Å². The lowest BCUT2D eigenvalue weighted by Crippen LogP contribution is -2.50.